The van der Waals surface area contributed by atoms with Crippen LogP contribution in [0.2, 0.25) is 0 Å². The number of benzene rings is 4. The molecule has 2 aliphatic heterocycles. The SMILES string of the molecule is C1=Cc2nc1c(-c1ccccc1)c1ccc([nH]1)c(-c1ccccc1)c1nc(c(-c3ccc(-c4nc(-c5ccccn5)cs4)cc3)c3ccc([nH]3)c2-c2ccccc2)C=C1. The van der Waals surface area contributed by atoms with Crippen molar-refractivity contribution in [2.24, 2.45) is 0 Å². The number of fused-ring (bicyclic) bond motifs is 8. The number of nitrogens with zero attached hydrogens (tertiary/aromatic N) is 4. The quantitative estimate of drug-likeness (QED) is 0.176. The molecule has 8 bridgehead atoms. The van der Waals surface area contributed by atoms with Crippen molar-refractivity contribution < 1.29 is 0 Å². The molecule has 0 saturated heterocycles. The normalized spacial score (nSPS) is 11.9. The summed E-state index contributed by atoms with van der Waals surface area (Å²) >= 11 is 1.62. The van der Waals surface area contributed by atoms with Crippen LogP contribution in [0.15, 0.2) is 169 Å². The highest BCUT2D eigenvalue weighted by Crippen LogP contribution is 2.39. The van der Waals surface area contributed by atoms with Crippen molar-refractivity contribution in [1.29, 1.82) is 0 Å². The highest BCUT2D eigenvalue weighted by Gasteiger charge is 2.19. The maximum Gasteiger partial charge on any atom is 0.124 e. The fourth-order valence-corrected chi connectivity index (χ4v) is 8.87. The van der Waals surface area contributed by atoms with Crippen molar-refractivity contribution >= 4 is 57.7 Å². The Morgan fingerprint density at radius 1 is 0.339 bits per heavy atom. The Balaban J connectivity index is 1.20. The van der Waals surface area contributed by atoms with E-state index in [-0.39, 0.29) is 0 Å². The predicted octanol–water partition coefficient (Wildman–Crippen LogP) is 13.5. The van der Waals surface area contributed by atoms with Gasteiger partial charge in [-0.3, -0.25) is 4.98 Å². The molecular formula is C52H34N6S. The topological polar surface area (TPSA) is 83.1 Å². The van der Waals surface area contributed by atoms with Gasteiger partial charge in [0.1, 0.15) is 10.7 Å². The molecule has 0 aliphatic carbocycles. The molecule has 7 heteroatoms. The molecule has 2 aliphatic rings. The summed E-state index contributed by atoms with van der Waals surface area (Å²) in [6.45, 7) is 0. The molecule has 5 aromatic heterocycles. The standard InChI is InChI=1S/C52H34N6S/c1-4-12-33(13-5-1)48-39-23-25-41(54-39)49(34-14-6-2-7-15-34)43-27-29-45(56-43)51(36-19-21-37(22-20-36)52-58-47(32-59-52)38-18-10-11-31-53-38)46-30-28-44(57-46)50(35-16-8-3-9-17-35)42-26-24-40(48)55-42/h1-32,54,57H. The maximum atomic E-state index is 5.45. The first kappa shape index (κ1) is 34.5. The summed E-state index contributed by atoms with van der Waals surface area (Å²) in [5.74, 6) is 0. The van der Waals surface area contributed by atoms with Crippen molar-refractivity contribution in [1.82, 2.24) is 29.9 Å². The van der Waals surface area contributed by atoms with Crippen molar-refractivity contribution in [2.45, 2.75) is 0 Å². The molecule has 0 saturated carbocycles. The minimum absolute atomic E-state index is 0.866. The Bertz CT molecular complexity index is 3200. The second-order valence-corrected chi connectivity index (χ2v) is 15.3. The van der Waals surface area contributed by atoms with Gasteiger partial charge in [-0.2, -0.15) is 0 Å². The maximum absolute atomic E-state index is 5.45. The number of hydrogen-bond donors (Lipinski definition) is 2. The van der Waals surface area contributed by atoms with Crippen LogP contribution in [0.4, 0.5) is 0 Å². The van der Waals surface area contributed by atoms with Crippen LogP contribution in [0, 0.1) is 0 Å². The minimum Gasteiger partial charge on any atom is -0.354 e. The smallest absolute Gasteiger partial charge is 0.124 e. The minimum atomic E-state index is 0.866. The van der Waals surface area contributed by atoms with E-state index < -0.39 is 0 Å². The third-order valence-corrected chi connectivity index (χ3v) is 11.7. The van der Waals surface area contributed by atoms with Crippen LogP contribution in [0.1, 0.15) is 22.8 Å². The molecule has 0 fully saturated rings. The van der Waals surface area contributed by atoms with Crippen LogP contribution >= 0.6 is 11.3 Å². The molecule has 59 heavy (non-hydrogen) atoms. The van der Waals surface area contributed by atoms with E-state index in [0.29, 0.717) is 0 Å². The number of rotatable bonds is 6. The van der Waals surface area contributed by atoms with Crippen molar-refractivity contribution in [3.8, 4) is 66.5 Å². The lowest BCUT2D eigenvalue weighted by molar-refractivity contribution is 1.28. The molecule has 0 spiro atoms. The van der Waals surface area contributed by atoms with Gasteiger partial charge in [0, 0.05) is 61.5 Å². The van der Waals surface area contributed by atoms with Gasteiger partial charge in [-0.25, -0.2) is 15.0 Å². The average molecular weight is 775 g/mol. The number of aromatic amines is 2. The highest BCUT2D eigenvalue weighted by atomic mass is 32.1. The van der Waals surface area contributed by atoms with E-state index in [1.54, 1.807) is 17.5 Å². The molecule has 0 unspecified atom stereocenters. The Kier molecular flexibility index (Phi) is 8.56. The van der Waals surface area contributed by atoms with Gasteiger partial charge in [-0.1, -0.05) is 121 Å². The largest absolute Gasteiger partial charge is 0.354 e. The van der Waals surface area contributed by atoms with E-state index in [1.165, 1.54) is 0 Å². The van der Waals surface area contributed by atoms with Crippen LogP contribution < -0.4 is 0 Å². The second-order valence-electron chi connectivity index (χ2n) is 14.4. The molecule has 0 amide bonds. The van der Waals surface area contributed by atoms with Crippen molar-refractivity contribution in [2.75, 3.05) is 0 Å². The monoisotopic (exact) mass is 774 g/mol. The number of thiazole rings is 1. The number of nitrogens with one attached hydrogen (secondary N) is 2. The molecule has 0 radical (unpaired) electrons. The van der Waals surface area contributed by atoms with E-state index in [0.717, 1.165) is 111 Å². The van der Waals surface area contributed by atoms with Gasteiger partial charge in [0.2, 0.25) is 0 Å². The first-order valence-corrected chi connectivity index (χ1v) is 20.4. The predicted molar refractivity (Wildman–Crippen MR) is 245 cm³/mol. The molecular weight excluding hydrogens is 741 g/mol. The molecule has 0 atom stereocenters. The first-order valence-electron chi connectivity index (χ1n) is 19.5. The van der Waals surface area contributed by atoms with Crippen LogP contribution in [0.3, 0.4) is 0 Å². The lowest BCUT2D eigenvalue weighted by Crippen LogP contribution is -1.89. The third-order valence-electron chi connectivity index (χ3n) is 10.8. The zero-order valence-electron chi connectivity index (χ0n) is 31.7. The number of pyridine rings is 1. The second kappa shape index (κ2) is 14.6. The highest BCUT2D eigenvalue weighted by molar-refractivity contribution is 7.13. The zero-order chi connectivity index (χ0) is 39.1. The van der Waals surface area contributed by atoms with Crippen LogP contribution in [-0.2, 0) is 0 Å². The fraction of sp³-hybridized carbons (Fsp3) is 0. The molecule has 2 N–H and O–H groups in total. The van der Waals surface area contributed by atoms with E-state index in [1.807, 2.05) is 36.4 Å². The summed E-state index contributed by atoms with van der Waals surface area (Å²) in [7, 11) is 0. The molecule has 9 aromatic rings. The first-order chi connectivity index (χ1) is 29.2. The Morgan fingerprint density at radius 3 is 1.14 bits per heavy atom. The lowest BCUT2D eigenvalue weighted by Gasteiger charge is -2.07. The van der Waals surface area contributed by atoms with Crippen LogP contribution in [-0.4, -0.2) is 29.9 Å². The lowest BCUT2D eigenvalue weighted by atomic mass is 10.0. The Hall–Kier alpha value is -7.74. The van der Waals surface area contributed by atoms with Gasteiger partial charge in [0.25, 0.3) is 0 Å². The molecule has 11 rings (SSSR count). The third kappa shape index (κ3) is 6.40. The van der Waals surface area contributed by atoms with Gasteiger partial charge in [0.15, 0.2) is 0 Å². The number of H-pyrrole nitrogens is 2. The van der Waals surface area contributed by atoms with Gasteiger partial charge in [-0.15, -0.1) is 11.3 Å². The molecule has 278 valence electrons. The summed E-state index contributed by atoms with van der Waals surface area (Å²) < 4.78 is 0. The van der Waals surface area contributed by atoms with Crippen LogP contribution in [0.25, 0.3) is 113 Å². The van der Waals surface area contributed by atoms with Crippen LogP contribution in [0.5, 0.6) is 0 Å². The van der Waals surface area contributed by atoms with Gasteiger partial charge < -0.3 is 9.97 Å². The molecule has 6 nitrogen and oxygen atoms in total. The van der Waals surface area contributed by atoms with E-state index in [2.05, 4.69) is 166 Å². The summed E-state index contributed by atoms with van der Waals surface area (Å²) in [6, 6.07) is 54.7. The summed E-state index contributed by atoms with van der Waals surface area (Å²) in [5.41, 5.74) is 18.5. The molecule has 7 heterocycles. The van der Waals surface area contributed by atoms with E-state index in [4.69, 9.17) is 15.0 Å². The summed E-state index contributed by atoms with van der Waals surface area (Å²) in [5, 5.41) is 3.01. The zero-order valence-corrected chi connectivity index (χ0v) is 32.5. The van der Waals surface area contributed by atoms with Gasteiger partial charge in [0.05, 0.1) is 28.5 Å². The fourth-order valence-electron chi connectivity index (χ4n) is 8.05. The van der Waals surface area contributed by atoms with E-state index in [9.17, 15) is 0 Å². The number of hydrogen-bond acceptors (Lipinski definition) is 5. The van der Waals surface area contributed by atoms with Gasteiger partial charge >= 0.3 is 0 Å². The van der Waals surface area contributed by atoms with Crippen molar-refractivity contribution in [3.05, 3.63) is 192 Å². The summed E-state index contributed by atoms with van der Waals surface area (Å²) in [4.78, 5) is 28.0. The summed E-state index contributed by atoms with van der Waals surface area (Å²) in [6.07, 6.45) is 10.3. The van der Waals surface area contributed by atoms with E-state index >= 15 is 0 Å². The number of aromatic nitrogens is 6. The van der Waals surface area contributed by atoms with Gasteiger partial charge in [-0.05, 0) is 83.0 Å². The Labute approximate surface area is 344 Å². The molecule has 4 aromatic carbocycles. The van der Waals surface area contributed by atoms with Crippen molar-refractivity contribution in [3.63, 3.8) is 0 Å². The average Bonchev–Trinajstić information content (AvgIpc) is 4.16. The Morgan fingerprint density at radius 2 is 0.729 bits per heavy atom.